The second kappa shape index (κ2) is 10.8. The van der Waals surface area contributed by atoms with Crippen LogP contribution in [0.3, 0.4) is 0 Å². The Morgan fingerprint density at radius 3 is 2.52 bits per heavy atom. The highest BCUT2D eigenvalue weighted by atomic mass is 32.2. The van der Waals surface area contributed by atoms with Crippen LogP contribution in [-0.2, 0) is 20.5 Å². The van der Waals surface area contributed by atoms with E-state index in [-0.39, 0.29) is 30.6 Å². The van der Waals surface area contributed by atoms with Gasteiger partial charge in [-0.25, -0.2) is 17.5 Å². The van der Waals surface area contributed by atoms with Crippen molar-refractivity contribution < 1.29 is 27.4 Å². The van der Waals surface area contributed by atoms with Gasteiger partial charge in [0, 0.05) is 6.54 Å². The van der Waals surface area contributed by atoms with Gasteiger partial charge in [-0.2, -0.15) is 0 Å². The zero-order chi connectivity index (χ0) is 22.3. The molecule has 2 aromatic rings. The van der Waals surface area contributed by atoms with Crippen molar-refractivity contribution in [1.82, 2.24) is 10.0 Å². The Labute approximate surface area is 181 Å². The van der Waals surface area contributed by atoms with Gasteiger partial charge in [-0.15, -0.1) is 0 Å². The molecule has 3 N–H and O–H groups in total. The van der Waals surface area contributed by atoms with Crippen LogP contribution in [0.4, 0.5) is 4.39 Å². The number of ether oxygens (including phenoxy) is 1. The van der Waals surface area contributed by atoms with Gasteiger partial charge in [0.05, 0.1) is 30.1 Å². The number of benzene rings is 2. The standard InChI is InChI=1S/C22H27FN2O5S/c23-19-9-5-4-8-18(19)22(27)25-20-11-10-17(30-21(20)14-26)12-13-24-31(28,29)15-16-6-2-1-3-7-16/h1-9,17,20-21,24,26H,10-15H2,(H,25,27)/t17-,20-,21+/m0/s1. The lowest BCUT2D eigenvalue weighted by Gasteiger charge is -2.36. The van der Waals surface area contributed by atoms with Crippen molar-refractivity contribution in [2.24, 2.45) is 0 Å². The molecule has 31 heavy (non-hydrogen) atoms. The molecule has 1 aliphatic rings. The average molecular weight is 451 g/mol. The third kappa shape index (κ3) is 6.83. The molecule has 1 heterocycles. The fourth-order valence-corrected chi connectivity index (χ4v) is 4.78. The van der Waals surface area contributed by atoms with E-state index >= 15 is 0 Å². The molecule has 0 unspecified atom stereocenters. The number of rotatable bonds is 9. The van der Waals surface area contributed by atoms with Gasteiger partial charge in [-0.1, -0.05) is 42.5 Å². The molecule has 1 amide bonds. The predicted octanol–water partition coefficient (Wildman–Crippen LogP) is 1.97. The Balaban J connectivity index is 1.47. The van der Waals surface area contributed by atoms with Crippen molar-refractivity contribution in [1.29, 1.82) is 0 Å². The van der Waals surface area contributed by atoms with Gasteiger partial charge in [0.1, 0.15) is 11.9 Å². The van der Waals surface area contributed by atoms with Gasteiger partial charge in [0.2, 0.25) is 10.0 Å². The van der Waals surface area contributed by atoms with Gasteiger partial charge in [0.15, 0.2) is 0 Å². The van der Waals surface area contributed by atoms with E-state index in [1.165, 1.54) is 18.2 Å². The second-order valence-corrected chi connectivity index (χ2v) is 9.35. The Morgan fingerprint density at radius 2 is 1.81 bits per heavy atom. The quantitative estimate of drug-likeness (QED) is 0.542. The molecule has 3 rings (SSSR count). The first-order chi connectivity index (χ1) is 14.9. The van der Waals surface area contributed by atoms with Gasteiger partial charge in [0.25, 0.3) is 5.91 Å². The van der Waals surface area contributed by atoms with Crippen molar-refractivity contribution in [3.05, 3.63) is 71.5 Å². The number of sulfonamides is 1. The molecule has 0 saturated carbocycles. The Hall–Kier alpha value is -2.33. The van der Waals surface area contributed by atoms with Crippen molar-refractivity contribution in [2.75, 3.05) is 13.2 Å². The van der Waals surface area contributed by atoms with Crippen LogP contribution < -0.4 is 10.0 Å². The summed E-state index contributed by atoms with van der Waals surface area (Å²) < 4.78 is 46.7. The summed E-state index contributed by atoms with van der Waals surface area (Å²) in [5.74, 6) is -1.27. The lowest BCUT2D eigenvalue weighted by atomic mass is 9.96. The normalized spacial score (nSPS) is 21.5. The van der Waals surface area contributed by atoms with E-state index in [0.717, 1.165) is 0 Å². The van der Waals surface area contributed by atoms with Crippen LogP contribution in [0.2, 0.25) is 0 Å². The molecule has 2 aromatic carbocycles. The summed E-state index contributed by atoms with van der Waals surface area (Å²) in [5.41, 5.74) is 0.645. The molecule has 168 valence electrons. The number of hydrogen-bond acceptors (Lipinski definition) is 5. The second-order valence-electron chi connectivity index (χ2n) is 7.54. The summed E-state index contributed by atoms with van der Waals surface area (Å²) in [6.07, 6.45) is 0.665. The number of amides is 1. The first-order valence-electron chi connectivity index (χ1n) is 10.2. The van der Waals surface area contributed by atoms with Gasteiger partial charge >= 0.3 is 0 Å². The minimum Gasteiger partial charge on any atom is -0.394 e. The molecule has 9 heteroatoms. The Bertz CT molecular complexity index is 971. The van der Waals surface area contributed by atoms with E-state index in [0.29, 0.717) is 24.8 Å². The number of hydrogen-bond donors (Lipinski definition) is 3. The van der Waals surface area contributed by atoms with E-state index in [1.807, 2.05) is 6.07 Å². The number of carbonyl (C=O) groups excluding carboxylic acids is 1. The molecule has 7 nitrogen and oxygen atoms in total. The van der Waals surface area contributed by atoms with E-state index in [1.54, 1.807) is 30.3 Å². The summed E-state index contributed by atoms with van der Waals surface area (Å²) in [6.45, 7) is -0.0946. The number of aliphatic hydroxyl groups is 1. The molecule has 0 radical (unpaired) electrons. The molecule has 1 saturated heterocycles. The number of aliphatic hydroxyl groups excluding tert-OH is 1. The highest BCUT2D eigenvalue weighted by Crippen LogP contribution is 2.22. The van der Waals surface area contributed by atoms with Gasteiger partial charge in [-0.3, -0.25) is 4.79 Å². The van der Waals surface area contributed by atoms with E-state index < -0.39 is 33.9 Å². The highest BCUT2D eigenvalue weighted by Gasteiger charge is 2.32. The molecule has 3 atom stereocenters. The smallest absolute Gasteiger partial charge is 0.254 e. The molecule has 0 aliphatic carbocycles. The lowest BCUT2D eigenvalue weighted by molar-refractivity contribution is -0.0891. The third-order valence-corrected chi connectivity index (χ3v) is 6.58. The maximum Gasteiger partial charge on any atom is 0.254 e. The van der Waals surface area contributed by atoms with Crippen LogP contribution in [0.25, 0.3) is 0 Å². The third-order valence-electron chi connectivity index (χ3n) is 5.22. The number of carbonyl (C=O) groups is 1. The predicted molar refractivity (Wildman–Crippen MR) is 114 cm³/mol. The molecule has 0 bridgehead atoms. The number of halogens is 1. The van der Waals surface area contributed by atoms with Crippen LogP contribution in [0, 0.1) is 5.82 Å². The summed E-state index contributed by atoms with van der Waals surface area (Å²) in [6, 6.07) is 14.1. The first-order valence-corrected chi connectivity index (χ1v) is 11.9. The van der Waals surface area contributed by atoms with E-state index in [4.69, 9.17) is 4.74 Å². The fraction of sp³-hybridized carbons (Fsp3) is 0.409. The van der Waals surface area contributed by atoms with E-state index in [9.17, 15) is 22.7 Å². The summed E-state index contributed by atoms with van der Waals surface area (Å²) in [5, 5.41) is 12.4. The molecular weight excluding hydrogens is 423 g/mol. The average Bonchev–Trinajstić information content (AvgIpc) is 2.75. The summed E-state index contributed by atoms with van der Waals surface area (Å²) >= 11 is 0. The van der Waals surface area contributed by atoms with Crippen LogP contribution in [-0.4, -0.2) is 50.8 Å². The Morgan fingerprint density at radius 1 is 1.10 bits per heavy atom. The van der Waals surface area contributed by atoms with Crippen LogP contribution in [0.15, 0.2) is 54.6 Å². The first kappa shape index (κ1) is 23.3. The molecule has 1 fully saturated rings. The molecule has 0 spiro atoms. The van der Waals surface area contributed by atoms with Crippen molar-refractivity contribution in [2.45, 2.75) is 43.3 Å². The number of nitrogens with one attached hydrogen (secondary N) is 2. The van der Waals surface area contributed by atoms with Crippen molar-refractivity contribution in [3.8, 4) is 0 Å². The lowest BCUT2D eigenvalue weighted by Crippen LogP contribution is -2.51. The zero-order valence-corrected chi connectivity index (χ0v) is 17.9. The van der Waals surface area contributed by atoms with Gasteiger partial charge < -0.3 is 15.2 Å². The van der Waals surface area contributed by atoms with Gasteiger partial charge in [-0.05, 0) is 37.0 Å². The highest BCUT2D eigenvalue weighted by molar-refractivity contribution is 7.88. The van der Waals surface area contributed by atoms with Crippen molar-refractivity contribution >= 4 is 15.9 Å². The Kier molecular flexibility index (Phi) is 8.14. The van der Waals surface area contributed by atoms with Crippen LogP contribution in [0.5, 0.6) is 0 Å². The minimum absolute atomic E-state index is 0.0610. The summed E-state index contributed by atoms with van der Waals surface area (Å²) in [7, 11) is -3.46. The minimum atomic E-state index is -3.46. The summed E-state index contributed by atoms with van der Waals surface area (Å²) in [4.78, 5) is 12.3. The SMILES string of the molecule is O=C(N[C@H]1CC[C@@H](CCNS(=O)(=O)Cc2ccccc2)O[C@@H]1CO)c1ccccc1F. The van der Waals surface area contributed by atoms with Crippen LogP contribution >= 0.6 is 0 Å². The molecule has 1 aliphatic heterocycles. The molecule has 0 aromatic heterocycles. The largest absolute Gasteiger partial charge is 0.394 e. The van der Waals surface area contributed by atoms with E-state index in [2.05, 4.69) is 10.0 Å². The van der Waals surface area contributed by atoms with Crippen molar-refractivity contribution in [3.63, 3.8) is 0 Å². The topological polar surface area (TPSA) is 105 Å². The molecular formula is C22H27FN2O5S. The zero-order valence-electron chi connectivity index (χ0n) is 17.0. The monoisotopic (exact) mass is 450 g/mol. The maximum atomic E-state index is 13.8. The maximum absolute atomic E-state index is 13.8. The van der Waals surface area contributed by atoms with Crippen LogP contribution in [0.1, 0.15) is 35.2 Å². The fourth-order valence-electron chi connectivity index (χ4n) is 3.62.